The average molecular weight is 766 g/mol. The molecule has 4 heterocycles. The van der Waals surface area contributed by atoms with Gasteiger partial charge in [-0.1, -0.05) is 140 Å². The first-order chi connectivity index (χ1) is 29.8. The minimum atomic E-state index is 0.869. The van der Waals surface area contributed by atoms with Gasteiger partial charge in [-0.2, -0.15) is 0 Å². The van der Waals surface area contributed by atoms with Crippen molar-refractivity contribution >= 4 is 76.6 Å². The van der Waals surface area contributed by atoms with Crippen molar-refractivity contribution in [2.24, 2.45) is 0 Å². The molecule has 0 unspecified atom stereocenters. The molecule has 4 heteroatoms. The van der Waals surface area contributed by atoms with E-state index in [1.807, 2.05) is 0 Å². The van der Waals surface area contributed by atoms with E-state index in [0.29, 0.717) is 0 Å². The molecule has 0 atom stereocenters. The lowest BCUT2D eigenvalue weighted by atomic mass is 9.96. The zero-order valence-electron chi connectivity index (χ0n) is 32.5. The first-order valence-electron chi connectivity index (χ1n) is 20.5. The molecule has 0 saturated carbocycles. The fraction of sp³-hybridized carbons (Fsp3) is 0. The van der Waals surface area contributed by atoms with E-state index >= 15 is 0 Å². The third-order valence-corrected chi connectivity index (χ3v) is 12.5. The Labute approximate surface area is 345 Å². The van der Waals surface area contributed by atoms with Crippen LogP contribution in [0.4, 0.5) is 0 Å². The number of hydrogen-bond donors (Lipinski definition) is 0. The van der Waals surface area contributed by atoms with Gasteiger partial charge in [0.2, 0.25) is 5.71 Å². The lowest BCUT2D eigenvalue weighted by Crippen LogP contribution is -1.95. The van der Waals surface area contributed by atoms with Gasteiger partial charge in [-0.25, -0.2) is 0 Å². The van der Waals surface area contributed by atoms with Crippen LogP contribution in [0.1, 0.15) is 0 Å². The van der Waals surface area contributed by atoms with Gasteiger partial charge >= 0.3 is 0 Å². The monoisotopic (exact) mass is 765 g/mol. The highest BCUT2D eigenvalue weighted by molar-refractivity contribution is 6.23. The van der Waals surface area contributed by atoms with Crippen molar-refractivity contribution in [1.82, 2.24) is 13.7 Å². The van der Waals surface area contributed by atoms with Crippen LogP contribution in [0.15, 0.2) is 217 Å². The Morgan fingerprint density at radius 2 is 0.750 bits per heavy atom. The maximum Gasteiger partial charge on any atom is 0.213 e. The van der Waals surface area contributed by atoms with E-state index < -0.39 is 0 Å². The number of aromatic nitrogens is 3. The van der Waals surface area contributed by atoms with Crippen LogP contribution >= 0.6 is 0 Å². The largest absolute Gasteiger partial charge is 0.439 e. The SMILES string of the molecule is c1ccc(-n2c3ccccc3c3c4c(-c5ccc(-c6ccc(-n7c8ccccc8c8cc(-n9c%10ccccc%10c%10ccccc%109)ccc87)cc6)cc5)cccc4oc32)cc1. The molecule has 0 amide bonds. The number of hydrogen-bond acceptors (Lipinski definition) is 1. The van der Waals surface area contributed by atoms with E-state index in [9.17, 15) is 0 Å². The van der Waals surface area contributed by atoms with Gasteiger partial charge < -0.3 is 13.6 Å². The maximum atomic E-state index is 6.69. The Kier molecular flexibility index (Phi) is 6.98. The van der Waals surface area contributed by atoms with E-state index in [0.717, 1.165) is 55.8 Å². The first-order valence-corrected chi connectivity index (χ1v) is 20.5. The third-order valence-electron chi connectivity index (χ3n) is 12.5. The van der Waals surface area contributed by atoms with E-state index in [1.54, 1.807) is 0 Å². The van der Waals surface area contributed by atoms with Crippen molar-refractivity contribution < 1.29 is 4.42 Å². The highest BCUT2D eigenvalue weighted by atomic mass is 16.3. The van der Waals surface area contributed by atoms with Gasteiger partial charge in [-0.15, -0.1) is 0 Å². The van der Waals surface area contributed by atoms with Crippen LogP contribution < -0.4 is 0 Å². The Morgan fingerprint density at radius 1 is 0.283 bits per heavy atom. The standard InChI is InChI=1S/C56H35N3O/c1-2-13-39(14-3-1)59-51-23-11-7-18-46(51)55-54-42(19-12-24-53(54)60-56(55)59)38-27-25-36(26-28-38)37-29-31-40(32-30-37)57-50-22-10-6-17-45(50)47-35-41(33-34-52(47)57)58-48-20-8-4-15-43(48)44-16-5-9-21-49(44)58/h1-35H. The molecule has 60 heavy (non-hydrogen) atoms. The molecule has 0 N–H and O–H groups in total. The zero-order valence-corrected chi connectivity index (χ0v) is 32.5. The van der Waals surface area contributed by atoms with E-state index in [2.05, 4.69) is 226 Å². The summed E-state index contributed by atoms with van der Waals surface area (Å²) in [5.74, 6) is 0. The minimum Gasteiger partial charge on any atom is -0.439 e. The van der Waals surface area contributed by atoms with Crippen molar-refractivity contribution in [3.63, 3.8) is 0 Å². The second kappa shape index (κ2) is 12.7. The number of benzene rings is 9. The molecule has 0 bridgehead atoms. The molecule has 280 valence electrons. The second-order valence-electron chi connectivity index (χ2n) is 15.7. The molecule has 0 spiro atoms. The topological polar surface area (TPSA) is 27.9 Å². The third kappa shape index (κ3) is 4.73. The van der Waals surface area contributed by atoms with Crippen molar-refractivity contribution in [1.29, 1.82) is 0 Å². The summed E-state index contributed by atoms with van der Waals surface area (Å²) in [6.07, 6.45) is 0. The van der Waals surface area contributed by atoms with E-state index in [1.165, 1.54) is 60.1 Å². The Balaban J connectivity index is 0.881. The van der Waals surface area contributed by atoms with Crippen molar-refractivity contribution in [2.45, 2.75) is 0 Å². The van der Waals surface area contributed by atoms with E-state index in [4.69, 9.17) is 4.42 Å². The summed E-state index contributed by atoms with van der Waals surface area (Å²) in [7, 11) is 0. The number of furan rings is 1. The van der Waals surface area contributed by atoms with Gasteiger partial charge in [0.15, 0.2) is 0 Å². The summed E-state index contributed by atoms with van der Waals surface area (Å²) in [4.78, 5) is 0. The predicted octanol–water partition coefficient (Wildman–Crippen LogP) is 15.1. The Bertz CT molecular complexity index is 3750. The number of nitrogens with zero attached hydrogens (tertiary/aromatic N) is 3. The molecular formula is C56H35N3O. The van der Waals surface area contributed by atoms with E-state index in [-0.39, 0.29) is 0 Å². The minimum absolute atomic E-state index is 0.869. The summed E-state index contributed by atoms with van der Waals surface area (Å²) in [5.41, 5.74) is 15.8. The smallest absolute Gasteiger partial charge is 0.213 e. The Morgan fingerprint density at radius 3 is 1.40 bits per heavy atom. The Hall–Kier alpha value is -8.08. The van der Waals surface area contributed by atoms with Gasteiger partial charge in [0, 0.05) is 49.4 Å². The van der Waals surface area contributed by atoms with Crippen LogP contribution in [0.5, 0.6) is 0 Å². The van der Waals surface area contributed by atoms with Crippen LogP contribution in [0.3, 0.4) is 0 Å². The molecule has 4 aromatic heterocycles. The lowest BCUT2D eigenvalue weighted by Gasteiger charge is -2.11. The summed E-state index contributed by atoms with van der Waals surface area (Å²) < 4.78 is 13.7. The maximum absolute atomic E-state index is 6.69. The molecule has 0 saturated heterocycles. The normalized spacial score (nSPS) is 12.0. The van der Waals surface area contributed by atoms with Crippen LogP contribution in [-0.2, 0) is 0 Å². The van der Waals surface area contributed by atoms with Crippen molar-refractivity contribution in [3.05, 3.63) is 212 Å². The molecule has 13 aromatic rings. The van der Waals surface area contributed by atoms with Crippen LogP contribution in [-0.4, -0.2) is 13.7 Å². The molecule has 0 fully saturated rings. The molecule has 4 nitrogen and oxygen atoms in total. The van der Waals surface area contributed by atoms with Crippen molar-refractivity contribution in [2.75, 3.05) is 0 Å². The lowest BCUT2D eigenvalue weighted by molar-refractivity contribution is 0.645. The first kappa shape index (κ1) is 32.9. The van der Waals surface area contributed by atoms with Crippen LogP contribution in [0.25, 0.3) is 116 Å². The zero-order chi connectivity index (χ0) is 39.3. The number of rotatable bonds is 5. The molecule has 0 aliphatic rings. The van der Waals surface area contributed by atoms with Gasteiger partial charge in [-0.3, -0.25) is 4.57 Å². The highest BCUT2D eigenvalue weighted by Crippen LogP contribution is 2.43. The van der Waals surface area contributed by atoms with Crippen LogP contribution in [0.2, 0.25) is 0 Å². The molecule has 0 aliphatic heterocycles. The van der Waals surface area contributed by atoms with Gasteiger partial charge in [0.25, 0.3) is 0 Å². The fourth-order valence-corrected chi connectivity index (χ4v) is 9.83. The molecule has 0 radical (unpaired) electrons. The molecule has 0 aliphatic carbocycles. The summed E-state index contributed by atoms with van der Waals surface area (Å²) in [6.45, 7) is 0. The summed E-state index contributed by atoms with van der Waals surface area (Å²) >= 11 is 0. The fourth-order valence-electron chi connectivity index (χ4n) is 9.83. The highest BCUT2D eigenvalue weighted by Gasteiger charge is 2.22. The number of fused-ring (bicyclic) bond motifs is 11. The van der Waals surface area contributed by atoms with Gasteiger partial charge in [0.05, 0.1) is 33.0 Å². The summed E-state index contributed by atoms with van der Waals surface area (Å²) in [5, 5.41) is 8.49. The molecule has 13 rings (SSSR count). The summed E-state index contributed by atoms with van der Waals surface area (Å²) in [6, 6.07) is 76.5. The van der Waals surface area contributed by atoms with Crippen molar-refractivity contribution in [3.8, 4) is 39.3 Å². The van der Waals surface area contributed by atoms with Gasteiger partial charge in [0.1, 0.15) is 5.58 Å². The van der Waals surface area contributed by atoms with Gasteiger partial charge in [-0.05, 0) is 95.1 Å². The average Bonchev–Trinajstić information content (AvgIpc) is 4.05. The second-order valence-corrected chi connectivity index (χ2v) is 15.7. The van der Waals surface area contributed by atoms with Crippen LogP contribution in [0, 0.1) is 0 Å². The molecular weight excluding hydrogens is 731 g/mol. The number of para-hydroxylation sites is 5. The quantitative estimate of drug-likeness (QED) is 0.171. The predicted molar refractivity (Wildman–Crippen MR) is 250 cm³/mol. The molecule has 9 aromatic carbocycles.